The maximum atomic E-state index is 12.6. The predicted molar refractivity (Wildman–Crippen MR) is 37.6 cm³/mol. The lowest BCUT2D eigenvalue weighted by atomic mass is 9.92. The van der Waals surface area contributed by atoms with Crippen molar-refractivity contribution in [1.29, 1.82) is 0 Å². The second-order valence-corrected chi connectivity index (χ2v) is 3.20. The first-order valence-electron chi connectivity index (χ1n) is 3.76. The molecule has 0 saturated carbocycles. The van der Waals surface area contributed by atoms with Gasteiger partial charge in [-0.3, -0.25) is 0 Å². The molecule has 0 amide bonds. The highest BCUT2D eigenvalue weighted by Crippen LogP contribution is 2.28. The number of piperidine rings is 1. The van der Waals surface area contributed by atoms with Crippen molar-refractivity contribution in [3.05, 3.63) is 0 Å². The molecule has 2 N–H and O–H groups in total. The highest BCUT2D eigenvalue weighted by Gasteiger charge is 2.37. The van der Waals surface area contributed by atoms with Crippen molar-refractivity contribution in [2.24, 2.45) is 5.92 Å². The summed E-state index contributed by atoms with van der Waals surface area (Å²) in [4.78, 5) is 0. The van der Waals surface area contributed by atoms with Crippen molar-refractivity contribution in [2.45, 2.75) is 25.4 Å². The van der Waals surface area contributed by atoms with E-state index in [0.717, 1.165) is 6.92 Å². The molecule has 1 aliphatic heterocycles. The highest BCUT2D eigenvalue weighted by molar-refractivity contribution is 4.82. The Balaban J connectivity index is 2.46. The van der Waals surface area contributed by atoms with Gasteiger partial charge in [-0.25, -0.2) is 8.78 Å². The van der Waals surface area contributed by atoms with Crippen LogP contribution in [0.3, 0.4) is 0 Å². The van der Waals surface area contributed by atoms with E-state index in [4.69, 9.17) is 5.11 Å². The fraction of sp³-hybridized carbons (Fsp3) is 1.00. The minimum Gasteiger partial charge on any atom is -0.392 e. The Labute approximate surface area is 64.6 Å². The van der Waals surface area contributed by atoms with Gasteiger partial charge in [-0.15, -0.1) is 0 Å². The quantitative estimate of drug-likeness (QED) is 0.596. The normalized spacial score (nSPS) is 33.8. The lowest BCUT2D eigenvalue weighted by molar-refractivity contribution is -0.0660. The van der Waals surface area contributed by atoms with Gasteiger partial charge in [0.05, 0.1) is 6.10 Å². The van der Waals surface area contributed by atoms with Crippen molar-refractivity contribution in [3.8, 4) is 0 Å². The van der Waals surface area contributed by atoms with Crippen LogP contribution in [0.5, 0.6) is 0 Å². The van der Waals surface area contributed by atoms with E-state index >= 15 is 0 Å². The molecule has 1 unspecified atom stereocenters. The second kappa shape index (κ2) is 3.03. The molecule has 66 valence electrons. The summed E-state index contributed by atoms with van der Waals surface area (Å²) in [5, 5.41) is 11.8. The second-order valence-electron chi connectivity index (χ2n) is 3.20. The first kappa shape index (κ1) is 8.87. The van der Waals surface area contributed by atoms with Gasteiger partial charge in [-0.05, 0) is 13.3 Å². The molecule has 1 rings (SSSR count). The van der Waals surface area contributed by atoms with Crippen LogP contribution in [0, 0.1) is 5.92 Å². The standard InChI is InChI=1S/C7H13F2NO/c1-7(8,9)5-2-6(11)4-10-3-5/h5-6,10-11H,2-4H2,1H3/t5?,6-/m0/s1. The smallest absolute Gasteiger partial charge is 0.249 e. The van der Waals surface area contributed by atoms with Gasteiger partial charge in [-0.1, -0.05) is 0 Å². The third-order valence-corrected chi connectivity index (χ3v) is 2.04. The van der Waals surface area contributed by atoms with E-state index < -0.39 is 17.9 Å². The van der Waals surface area contributed by atoms with E-state index in [-0.39, 0.29) is 6.42 Å². The van der Waals surface area contributed by atoms with Crippen molar-refractivity contribution in [2.75, 3.05) is 13.1 Å². The highest BCUT2D eigenvalue weighted by atomic mass is 19.3. The summed E-state index contributed by atoms with van der Waals surface area (Å²) < 4.78 is 25.3. The van der Waals surface area contributed by atoms with Crippen molar-refractivity contribution in [3.63, 3.8) is 0 Å². The summed E-state index contributed by atoms with van der Waals surface area (Å²) in [5.74, 6) is -3.39. The number of aliphatic hydroxyl groups is 1. The zero-order valence-electron chi connectivity index (χ0n) is 6.48. The molecule has 1 saturated heterocycles. The average Bonchev–Trinajstić information content (AvgIpc) is 1.86. The SMILES string of the molecule is CC(F)(F)C1CNC[C@@H](O)C1. The molecule has 0 aromatic heterocycles. The van der Waals surface area contributed by atoms with Gasteiger partial charge in [0.1, 0.15) is 0 Å². The molecule has 0 aliphatic carbocycles. The monoisotopic (exact) mass is 165 g/mol. The zero-order chi connectivity index (χ0) is 8.48. The van der Waals surface area contributed by atoms with E-state index in [1.165, 1.54) is 0 Å². The summed E-state index contributed by atoms with van der Waals surface area (Å²) in [7, 11) is 0. The molecule has 4 heteroatoms. The lowest BCUT2D eigenvalue weighted by Gasteiger charge is -2.30. The van der Waals surface area contributed by atoms with Crippen molar-refractivity contribution >= 4 is 0 Å². The fourth-order valence-corrected chi connectivity index (χ4v) is 1.31. The molecule has 2 atom stereocenters. The third-order valence-electron chi connectivity index (χ3n) is 2.04. The van der Waals surface area contributed by atoms with Gasteiger partial charge >= 0.3 is 0 Å². The van der Waals surface area contributed by atoms with Gasteiger partial charge in [0.25, 0.3) is 0 Å². The molecule has 0 spiro atoms. The Morgan fingerprint density at radius 2 is 2.09 bits per heavy atom. The van der Waals surface area contributed by atoms with Gasteiger partial charge in [0.15, 0.2) is 0 Å². The molecular weight excluding hydrogens is 152 g/mol. The van der Waals surface area contributed by atoms with Crippen LogP contribution in [-0.2, 0) is 0 Å². The molecule has 2 nitrogen and oxygen atoms in total. The Hall–Kier alpha value is -0.220. The van der Waals surface area contributed by atoms with Gasteiger partial charge < -0.3 is 10.4 Å². The van der Waals surface area contributed by atoms with Crippen LogP contribution >= 0.6 is 0 Å². The van der Waals surface area contributed by atoms with E-state index in [9.17, 15) is 8.78 Å². The van der Waals surface area contributed by atoms with Crippen LogP contribution in [0.4, 0.5) is 8.78 Å². The molecule has 1 aliphatic rings. The Kier molecular flexibility index (Phi) is 2.44. The maximum Gasteiger partial charge on any atom is 0.249 e. The molecule has 11 heavy (non-hydrogen) atoms. The minimum absolute atomic E-state index is 0.205. The van der Waals surface area contributed by atoms with Crippen molar-refractivity contribution < 1.29 is 13.9 Å². The summed E-state index contributed by atoms with van der Waals surface area (Å²) in [6, 6.07) is 0. The maximum absolute atomic E-state index is 12.6. The number of hydrogen-bond donors (Lipinski definition) is 2. The molecule has 0 radical (unpaired) electrons. The lowest BCUT2D eigenvalue weighted by Crippen LogP contribution is -2.45. The number of aliphatic hydroxyl groups excluding tert-OH is 1. The van der Waals surface area contributed by atoms with Gasteiger partial charge in [0, 0.05) is 19.0 Å². The number of β-amino-alcohol motifs (C(OH)–C–C–N with tert-alkyl or cyclic N) is 1. The first-order chi connectivity index (χ1) is 5.00. The molecule has 1 fully saturated rings. The number of rotatable bonds is 1. The predicted octanol–water partition coefficient (Wildman–Crippen LogP) is 0.612. The van der Waals surface area contributed by atoms with Gasteiger partial charge in [-0.2, -0.15) is 0 Å². The van der Waals surface area contributed by atoms with Crippen LogP contribution in [0.25, 0.3) is 0 Å². The van der Waals surface area contributed by atoms with Crippen LogP contribution in [0.2, 0.25) is 0 Å². The molecule has 1 heterocycles. The van der Waals surface area contributed by atoms with E-state index in [0.29, 0.717) is 13.1 Å². The van der Waals surface area contributed by atoms with Crippen LogP contribution in [0.1, 0.15) is 13.3 Å². The number of hydrogen-bond acceptors (Lipinski definition) is 2. The molecule has 0 bridgehead atoms. The Bertz CT molecular complexity index is 135. The molecular formula is C7H13F2NO. The van der Waals surface area contributed by atoms with Crippen LogP contribution in [-0.4, -0.2) is 30.2 Å². The largest absolute Gasteiger partial charge is 0.392 e. The fourth-order valence-electron chi connectivity index (χ4n) is 1.31. The first-order valence-corrected chi connectivity index (χ1v) is 3.76. The number of alkyl halides is 2. The summed E-state index contributed by atoms with van der Waals surface area (Å²) in [6.45, 7) is 1.64. The Morgan fingerprint density at radius 3 is 2.45 bits per heavy atom. The molecule has 0 aromatic rings. The van der Waals surface area contributed by atoms with E-state index in [1.807, 2.05) is 0 Å². The van der Waals surface area contributed by atoms with Crippen LogP contribution < -0.4 is 5.32 Å². The number of nitrogens with one attached hydrogen (secondary N) is 1. The summed E-state index contributed by atoms with van der Waals surface area (Å²) >= 11 is 0. The van der Waals surface area contributed by atoms with Gasteiger partial charge in [0.2, 0.25) is 5.92 Å². The summed E-state index contributed by atoms with van der Waals surface area (Å²) in [6.07, 6.45) is -0.407. The molecule has 0 aromatic carbocycles. The third kappa shape index (κ3) is 2.38. The Morgan fingerprint density at radius 1 is 1.45 bits per heavy atom. The zero-order valence-corrected chi connectivity index (χ0v) is 6.48. The van der Waals surface area contributed by atoms with Crippen LogP contribution in [0.15, 0.2) is 0 Å². The van der Waals surface area contributed by atoms with Crippen molar-refractivity contribution in [1.82, 2.24) is 5.32 Å². The van der Waals surface area contributed by atoms with E-state index in [2.05, 4.69) is 5.32 Å². The minimum atomic E-state index is -2.67. The average molecular weight is 165 g/mol. The van der Waals surface area contributed by atoms with E-state index in [1.54, 1.807) is 0 Å². The number of halogens is 2. The summed E-state index contributed by atoms with van der Waals surface area (Å²) in [5.41, 5.74) is 0. The topological polar surface area (TPSA) is 32.3 Å².